The molecule has 1 rings (SSSR count). The molecule has 1 saturated heterocycles. The second-order valence-corrected chi connectivity index (χ2v) is 3.39. The highest BCUT2D eigenvalue weighted by atomic mass is 16.5. The molecule has 1 heterocycles. The number of ether oxygens (including phenoxy) is 1. The van der Waals surface area contributed by atoms with Gasteiger partial charge in [-0.25, -0.2) is 0 Å². The lowest BCUT2D eigenvalue weighted by atomic mass is 9.98. The zero-order valence-electron chi connectivity index (χ0n) is 7.39. The number of carbonyl (C=O) groups excluding carboxylic acids is 1. The van der Waals surface area contributed by atoms with Crippen molar-refractivity contribution < 1.29 is 9.53 Å². The molecule has 0 amide bonds. The van der Waals surface area contributed by atoms with Crippen LogP contribution in [0, 0.1) is 0 Å². The number of likely N-dealkylation sites (tertiary alicyclic amines) is 1. The Morgan fingerprint density at radius 2 is 2.00 bits per heavy atom. The predicted octanol–water partition coefficient (Wildman–Crippen LogP) is 0.644. The fourth-order valence-corrected chi connectivity index (χ4v) is 1.25. The van der Waals surface area contributed by atoms with E-state index in [2.05, 4.69) is 4.90 Å². The molecule has 1 aliphatic heterocycles. The molecule has 1 aliphatic rings. The lowest BCUT2D eigenvalue weighted by molar-refractivity contribution is -0.155. The normalized spacial score (nSPS) is 19.2. The van der Waals surface area contributed by atoms with Crippen LogP contribution >= 0.6 is 0 Å². The van der Waals surface area contributed by atoms with Crippen molar-refractivity contribution >= 4 is 5.97 Å². The highest BCUT2D eigenvalue weighted by Gasteiger charge is 2.38. The monoisotopic (exact) mass is 157 g/mol. The number of hydrogen-bond acceptors (Lipinski definition) is 3. The van der Waals surface area contributed by atoms with Gasteiger partial charge in [-0.3, -0.25) is 9.69 Å². The minimum absolute atomic E-state index is 0.141. The summed E-state index contributed by atoms with van der Waals surface area (Å²) < 4.78 is 4.69. The first-order chi connectivity index (χ1) is 5.09. The molecule has 0 aromatic rings. The van der Waals surface area contributed by atoms with E-state index in [0.717, 1.165) is 13.1 Å². The number of esters is 1. The van der Waals surface area contributed by atoms with E-state index >= 15 is 0 Å². The quantitative estimate of drug-likeness (QED) is 0.551. The number of rotatable bonds is 2. The molecule has 0 atom stereocenters. The van der Waals surface area contributed by atoms with Crippen LogP contribution in [0.15, 0.2) is 0 Å². The molecule has 1 fully saturated rings. The molecule has 0 unspecified atom stereocenters. The lowest BCUT2D eigenvalue weighted by Crippen LogP contribution is -2.56. The van der Waals surface area contributed by atoms with Crippen LogP contribution in [0.3, 0.4) is 0 Å². The van der Waals surface area contributed by atoms with Gasteiger partial charge in [-0.1, -0.05) is 0 Å². The van der Waals surface area contributed by atoms with Gasteiger partial charge in [0.1, 0.15) is 5.54 Å². The molecule has 0 radical (unpaired) electrons. The maximum atomic E-state index is 11.2. The lowest BCUT2D eigenvalue weighted by Gasteiger charge is -2.42. The fourth-order valence-electron chi connectivity index (χ4n) is 1.25. The summed E-state index contributed by atoms with van der Waals surface area (Å²) in [6.45, 7) is 5.83. The van der Waals surface area contributed by atoms with Crippen LogP contribution in [0.4, 0.5) is 0 Å². The standard InChI is InChI=1S/C8H15NO2/c1-8(2,7(10)11-3)9-5-4-6-9/h4-6H2,1-3H3. The topological polar surface area (TPSA) is 29.5 Å². The van der Waals surface area contributed by atoms with Crippen molar-refractivity contribution in [1.82, 2.24) is 4.90 Å². The minimum atomic E-state index is -0.424. The first-order valence-corrected chi connectivity index (χ1v) is 3.92. The minimum Gasteiger partial charge on any atom is -0.468 e. The van der Waals surface area contributed by atoms with Gasteiger partial charge in [0.2, 0.25) is 0 Å². The summed E-state index contributed by atoms with van der Waals surface area (Å²) in [4.78, 5) is 13.3. The predicted molar refractivity (Wildman–Crippen MR) is 42.3 cm³/mol. The third-order valence-electron chi connectivity index (χ3n) is 2.33. The van der Waals surface area contributed by atoms with Gasteiger partial charge in [0.05, 0.1) is 7.11 Å². The Morgan fingerprint density at radius 1 is 1.45 bits per heavy atom. The van der Waals surface area contributed by atoms with Gasteiger partial charge in [0, 0.05) is 13.1 Å². The van der Waals surface area contributed by atoms with Gasteiger partial charge in [-0.2, -0.15) is 0 Å². The Balaban J connectivity index is 2.56. The summed E-state index contributed by atoms with van der Waals surface area (Å²) >= 11 is 0. The average molecular weight is 157 g/mol. The molecule has 0 aliphatic carbocycles. The van der Waals surface area contributed by atoms with Gasteiger partial charge in [0.25, 0.3) is 0 Å². The van der Waals surface area contributed by atoms with E-state index in [1.54, 1.807) is 0 Å². The summed E-state index contributed by atoms with van der Waals surface area (Å²) in [6, 6.07) is 0. The number of hydrogen-bond donors (Lipinski definition) is 0. The molecule has 0 bridgehead atoms. The summed E-state index contributed by atoms with van der Waals surface area (Å²) in [5.74, 6) is -0.141. The molecule has 0 N–H and O–H groups in total. The van der Waals surface area contributed by atoms with E-state index < -0.39 is 5.54 Å². The largest absolute Gasteiger partial charge is 0.468 e. The molecule has 0 spiro atoms. The molecular weight excluding hydrogens is 142 g/mol. The van der Waals surface area contributed by atoms with Crippen molar-refractivity contribution in [2.75, 3.05) is 20.2 Å². The maximum Gasteiger partial charge on any atom is 0.325 e. The molecule has 3 heteroatoms. The van der Waals surface area contributed by atoms with Crippen LogP contribution in [-0.2, 0) is 9.53 Å². The van der Waals surface area contributed by atoms with Crippen LogP contribution in [0.1, 0.15) is 20.3 Å². The maximum absolute atomic E-state index is 11.2. The van der Waals surface area contributed by atoms with Crippen LogP contribution in [0.2, 0.25) is 0 Å². The summed E-state index contributed by atoms with van der Waals surface area (Å²) in [5.41, 5.74) is -0.424. The van der Waals surface area contributed by atoms with Crippen LogP contribution < -0.4 is 0 Å². The Bertz CT molecular complexity index is 161. The molecule has 0 aromatic carbocycles. The van der Waals surface area contributed by atoms with Gasteiger partial charge in [-0.05, 0) is 20.3 Å². The Hall–Kier alpha value is -0.570. The SMILES string of the molecule is COC(=O)C(C)(C)N1CCC1. The highest BCUT2D eigenvalue weighted by molar-refractivity contribution is 5.79. The van der Waals surface area contributed by atoms with Gasteiger partial charge >= 0.3 is 5.97 Å². The van der Waals surface area contributed by atoms with Crippen molar-refractivity contribution in [3.05, 3.63) is 0 Å². The van der Waals surface area contributed by atoms with E-state index in [-0.39, 0.29) is 5.97 Å². The zero-order chi connectivity index (χ0) is 8.48. The summed E-state index contributed by atoms with van der Waals surface area (Å²) in [6.07, 6.45) is 1.19. The van der Waals surface area contributed by atoms with Gasteiger partial charge < -0.3 is 4.74 Å². The Kier molecular flexibility index (Phi) is 2.18. The zero-order valence-corrected chi connectivity index (χ0v) is 7.39. The smallest absolute Gasteiger partial charge is 0.325 e. The van der Waals surface area contributed by atoms with Crippen molar-refractivity contribution in [3.8, 4) is 0 Å². The second-order valence-electron chi connectivity index (χ2n) is 3.39. The van der Waals surface area contributed by atoms with E-state index in [1.165, 1.54) is 13.5 Å². The number of nitrogens with zero attached hydrogens (tertiary/aromatic N) is 1. The third kappa shape index (κ3) is 1.38. The molecule has 11 heavy (non-hydrogen) atoms. The van der Waals surface area contributed by atoms with Crippen LogP contribution in [0.25, 0.3) is 0 Å². The Morgan fingerprint density at radius 3 is 2.27 bits per heavy atom. The second kappa shape index (κ2) is 2.81. The first kappa shape index (κ1) is 8.53. The molecule has 64 valence electrons. The average Bonchev–Trinajstić information content (AvgIpc) is 1.81. The van der Waals surface area contributed by atoms with E-state index in [1.807, 2.05) is 13.8 Å². The first-order valence-electron chi connectivity index (χ1n) is 3.92. The number of methoxy groups -OCH3 is 1. The van der Waals surface area contributed by atoms with Gasteiger partial charge in [0.15, 0.2) is 0 Å². The molecular formula is C8H15NO2. The van der Waals surface area contributed by atoms with Crippen LogP contribution in [-0.4, -0.2) is 36.6 Å². The summed E-state index contributed by atoms with van der Waals surface area (Å²) in [5, 5.41) is 0. The summed E-state index contributed by atoms with van der Waals surface area (Å²) in [7, 11) is 1.43. The molecule has 0 aromatic heterocycles. The van der Waals surface area contributed by atoms with E-state index in [4.69, 9.17) is 4.74 Å². The van der Waals surface area contributed by atoms with Crippen molar-refractivity contribution in [3.63, 3.8) is 0 Å². The third-order valence-corrected chi connectivity index (χ3v) is 2.33. The number of carbonyl (C=O) groups is 1. The molecule has 0 saturated carbocycles. The van der Waals surface area contributed by atoms with Crippen LogP contribution in [0.5, 0.6) is 0 Å². The van der Waals surface area contributed by atoms with Crippen molar-refractivity contribution in [2.24, 2.45) is 0 Å². The van der Waals surface area contributed by atoms with Crippen molar-refractivity contribution in [2.45, 2.75) is 25.8 Å². The highest BCUT2D eigenvalue weighted by Crippen LogP contribution is 2.22. The Labute approximate surface area is 67.3 Å². The van der Waals surface area contributed by atoms with Crippen molar-refractivity contribution in [1.29, 1.82) is 0 Å². The van der Waals surface area contributed by atoms with E-state index in [0.29, 0.717) is 0 Å². The van der Waals surface area contributed by atoms with Gasteiger partial charge in [-0.15, -0.1) is 0 Å². The van der Waals surface area contributed by atoms with E-state index in [9.17, 15) is 4.79 Å². The fraction of sp³-hybridized carbons (Fsp3) is 0.875. The molecule has 3 nitrogen and oxygen atoms in total.